The maximum Gasteiger partial charge on any atom is 0.308 e. The molecule has 2 aromatic heterocycles. The zero-order chi connectivity index (χ0) is 16.4. The summed E-state index contributed by atoms with van der Waals surface area (Å²) in [6.45, 7) is 5.31. The number of hydrogen-bond donors (Lipinski definition) is 1. The van der Waals surface area contributed by atoms with Crippen LogP contribution in [0.25, 0.3) is 11.4 Å². The number of carboxylic acids is 1. The second kappa shape index (κ2) is 6.32. The molecule has 6 heteroatoms. The number of hydrogen-bond acceptors (Lipinski definition) is 5. The van der Waals surface area contributed by atoms with E-state index >= 15 is 0 Å². The van der Waals surface area contributed by atoms with Crippen molar-refractivity contribution in [1.82, 2.24) is 15.0 Å². The Hall–Kier alpha value is -2.50. The molecule has 2 unspecified atom stereocenters. The monoisotopic (exact) mass is 312 g/mol. The van der Waals surface area contributed by atoms with Gasteiger partial charge in [0.1, 0.15) is 5.82 Å². The number of aliphatic carboxylic acids is 1. The lowest BCUT2D eigenvalue weighted by molar-refractivity contribution is -0.142. The Morgan fingerprint density at radius 2 is 2.17 bits per heavy atom. The van der Waals surface area contributed by atoms with Crippen LogP contribution in [0.3, 0.4) is 0 Å². The van der Waals surface area contributed by atoms with Crippen LogP contribution in [-0.2, 0) is 4.79 Å². The molecule has 2 aromatic rings. The summed E-state index contributed by atoms with van der Waals surface area (Å²) < 4.78 is 0. The van der Waals surface area contributed by atoms with E-state index in [0.29, 0.717) is 24.7 Å². The van der Waals surface area contributed by atoms with Crippen molar-refractivity contribution in [3.8, 4) is 11.4 Å². The highest BCUT2D eigenvalue weighted by Gasteiger charge is 2.30. The highest BCUT2D eigenvalue weighted by atomic mass is 16.4. The van der Waals surface area contributed by atoms with Crippen molar-refractivity contribution in [2.45, 2.75) is 20.3 Å². The Kier molecular flexibility index (Phi) is 4.23. The van der Waals surface area contributed by atoms with Crippen molar-refractivity contribution < 1.29 is 9.90 Å². The molecular formula is C17H20N4O2. The molecule has 0 bridgehead atoms. The van der Waals surface area contributed by atoms with Crippen LogP contribution in [-0.4, -0.2) is 39.1 Å². The predicted octanol–water partition coefficient (Wildman–Crippen LogP) is 2.39. The van der Waals surface area contributed by atoms with Crippen molar-refractivity contribution >= 4 is 11.8 Å². The first-order chi connectivity index (χ1) is 11.0. The number of aryl methyl sites for hydroxylation is 1. The quantitative estimate of drug-likeness (QED) is 0.937. The van der Waals surface area contributed by atoms with Crippen LogP contribution in [0.4, 0.5) is 5.82 Å². The molecule has 6 nitrogen and oxygen atoms in total. The molecule has 3 rings (SSSR count). The van der Waals surface area contributed by atoms with E-state index in [1.165, 1.54) is 0 Å². The minimum absolute atomic E-state index is 0.321. The third kappa shape index (κ3) is 3.47. The lowest BCUT2D eigenvalue weighted by atomic mass is 9.90. The summed E-state index contributed by atoms with van der Waals surface area (Å²) in [7, 11) is 0. The number of pyridine rings is 1. The molecule has 23 heavy (non-hydrogen) atoms. The maximum atomic E-state index is 11.4. The molecule has 2 atom stereocenters. The van der Waals surface area contributed by atoms with Gasteiger partial charge in [-0.2, -0.15) is 0 Å². The first-order valence-corrected chi connectivity index (χ1v) is 7.77. The summed E-state index contributed by atoms with van der Waals surface area (Å²) in [5.74, 6) is 0.644. The molecule has 0 aliphatic carbocycles. The fourth-order valence-corrected chi connectivity index (χ4v) is 3.06. The van der Waals surface area contributed by atoms with Gasteiger partial charge in [0.05, 0.1) is 5.92 Å². The zero-order valence-electron chi connectivity index (χ0n) is 13.3. The molecule has 120 valence electrons. The summed E-state index contributed by atoms with van der Waals surface area (Å²) in [5, 5.41) is 9.34. The Balaban J connectivity index is 1.93. The van der Waals surface area contributed by atoms with Crippen molar-refractivity contribution in [2.75, 3.05) is 18.0 Å². The van der Waals surface area contributed by atoms with Gasteiger partial charge >= 0.3 is 5.97 Å². The molecular weight excluding hydrogens is 292 g/mol. The van der Waals surface area contributed by atoms with Crippen LogP contribution in [0.5, 0.6) is 0 Å². The second-order valence-corrected chi connectivity index (χ2v) is 6.21. The highest BCUT2D eigenvalue weighted by molar-refractivity contribution is 5.71. The summed E-state index contributed by atoms with van der Waals surface area (Å²) in [6.07, 6.45) is 4.16. The Bertz CT molecular complexity index is 705. The molecule has 1 fully saturated rings. The third-order valence-electron chi connectivity index (χ3n) is 4.09. The number of aromatic nitrogens is 3. The fraction of sp³-hybridized carbons (Fsp3) is 0.412. The summed E-state index contributed by atoms with van der Waals surface area (Å²) in [5.41, 5.74) is 1.72. The molecule has 0 amide bonds. The summed E-state index contributed by atoms with van der Waals surface area (Å²) in [4.78, 5) is 26.6. The summed E-state index contributed by atoms with van der Waals surface area (Å²) in [6, 6.07) is 5.69. The van der Waals surface area contributed by atoms with Crippen LogP contribution >= 0.6 is 0 Å². The van der Waals surface area contributed by atoms with Crippen molar-refractivity contribution in [1.29, 1.82) is 0 Å². The van der Waals surface area contributed by atoms with E-state index in [0.717, 1.165) is 23.6 Å². The maximum absolute atomic E-state index is 11.4. The van der Waals surface area contributed by atoms with Gasteiger partial charge in [-0.05, 0) is 31.4 Å². The van der Waals surface area contributed by atoms with E-state index in [1.807, 2.05) is 25.1 Å². The van der Waals surface area contributed by atoms with Gasteiger partial charge in [-0.25, -0.2) is 9.97 Å². The molecule has 0 aromatic carbocycles. The first kappa shape index (κ1) is 15.4. The van der Waals surface area contributed by atoms with Gasteiger partial charge in [0.2, 0.25) is 0 Å². The van der Waals surface area contributed by atoms with E-state index in [9.17, 15) is 9.90 Å². The van der Waals surface area contributed by atoms with Crippen molar-refractivity contribution in [3.63, 3.8) is 0 Å². The van der Waals surface area contributed by atoms with Gasteiger partial charge in [-0.1, -0.05) is 6.92 Å². The van der Waals surface area contributed by atoms with Gasteiger partial charge in [0, 0.05) is 42.8 Å². The van der Waals surface area contributed by atoms with Crippen LogP contribution < -0.4 is 4.90 Å². The van der Waals surface area contributed by atoms with Gasteiger partial charge in [-0.3, -0.25) is 9.78 Å². The molecule has 1 aliphatic rings. The number of carboxylic acid groups (broad SMARTS) is 1. The average molecular weight is 312 g/mol. The second-order valence-electron chi connectivity index (χ2n) is 6.21. The highest BCUT2D eigenvalue weighted by Crippen LogP contribution is 2.27. The van der Waals surface area contributed by atoms with Gasteiger partial charge in [0.25, 0.3) is 0 Å². The van der Waals surface area contributed by atoms with Crippen LogP contribution in [0, 0.1) is 18.8 Å². The Morgan fingerprint density at radius 1 is 1.35 bits per heavy atom. The van der Waals surface area contributed by atoms with Crippen molar-refractivity contribution in [2.24, 2.45) is 11.8 Å². The van der Waals surface area contributed by atoms with Crippen LogP contribution in [0.1, 0.15) is 19.0 Å². The first-order valence-electron chi connectivity index (χ1n) is 7.77. The number of nitrogens with zero attached hydrogens (tertiary/aromatic N) is 4. The molecule has 1 N–H and O–H groups in total. The topological polar surface area (TPSA) is 79.2 Å². The third-order valence-corrected chi connectivity index (χ3v) is 4.09. The largest absolute Gasteiger partial charge is 0.481 e. The summed E-state index contributed by atoms with van der Waals surface area (Å²) >= 11 is 0. The predicted molar refractivity (Wildman–Crippen MR) is 87.1 cm³/mol. The number of anilines is 1. The normalized spacial score (nSPS) is 21.2. The van der Waals surface area contributed by atoms with Gasteiger partial charge in [0.15, 0.2) is 5.82 Å². The van der Waals surface area contributed by atoms with E-state index in [2.05, 4.69) is 26.8 Å². The fourth-order valence-electron chi connectivity index (χ4n) is 3.06. The van der Waals surface area contributed by atoms with E-state index in [1.54, 1.807) is 12.4 Å². The van der Waals surface area contributed by atoms with E-state index in [-0.39, 0.29) is 5.92 Å². The molecule has 3 heterocycles. The smallest absolute Gasteiger partial charge is 0.308 e. The molecule has 1 saturated heterocycles. The Morgan fingerprint density at radius 3 is 2.87 bits per heavy atom. The lowest BCUT2D eigenvalue weighted by Crippen LogP contribution is -2.43. The number of piperidine rings is 1. The SMILES string of the molecule is Cc1cc(N2CC(C)CC(C(=O)O)C2)nc(-c2cccnc2)n1. The standard InChI is InChI=1S/C17H20N4O2/c1-11-6-14(17(22)23)10-21(9-11)15-7-12(2)19-16(20-15)13-4-3-5-18-8-13/h3-5,7-8,11,14H,6,9-10H2,1-2H3,(H,22,23). The number of carbonyl (C=O) groups is 1. The average Bonchev–Trinajstić information content (AvgIpc) is 2.54. The molecule has 1 aliphatic heterocycles. The van der Waals surface area contributed by atoms with Crippen molar-refractivity contribution in [3.05, 3.63) is 36.3 Å². The molecule has 0 radical (unpaired) electrons. The van der Waals surface area contributed by atoms with E-state index < -0.39 is 5.97 Å². The lowest BCUT2D eigenvalue weighted by Gasteiger charge is -2.35. The van der Waals surface area contributed by atoms with Gasteiger partial charge < -0.3 is 10.0 Å². The minimum Gasteiger partial charge on any atom is -0.481 e. The van der Waals surface area contributed by atoms with Crippen LogP contribution in [0.15, 0.2) is 30.6 Å². The molecule has 0 saturated carbocycles. The zero-order valence-corrected chi connectivity index (χ0v) is 13.3. The van der Waals surface area contributed by atoms with Crippen LogP contribution in [0.2, 0.25) is 0 Å². The minimum atomic E-state index is -0.736. The van der Waals surface area contributed by atoms with Gasteiger partial charge in [-0.15, -0.1) is 0 Å². The Labute approximate surface area is 135 Å². The number of rotatable bonds is 3. The van der Waals surface area contributed by atoms with E-state index in [4.69, 9.17) is 0 Å². The molecule has 0 spiro atoms.